The quantitative estimate of drug-likeness (QED) is 0.848. The van der Waals surface area contributed by atoms with Gasteiger partial charge in [0.25, 0.3) is 5.91 Å². The summed E-state index contributed by atoms with van der Waals surface area (Å²) in [7, 11) is 1.48. The Labute approximate surface area is 94.7 Å². The molecule has 1 aromatic carbocycles. The Hall–Kier alpha value is -1.43. The molecule has 1 aromatic rings. The molecule has 0 aromatic heterocycles. The molecule has 0 bridgehead atoms. The highest BCUT2D eigenvalue weighted by Crippen LogP contribution is 2.29. The van der Waals surface area contributed by atoms with Crippen molar-refractivity contribution in [1.82, 2.24) is 0 Å². The van der Waals surface area contributed by atoms with Gasteiger partial charge in [-0.3, -0.25) is 4.79 Å². The summed E-state index contributed by atoms with van der Waals surface area (Å²) in [5, 5.41) is 2.67. The SMILES string of the molecule is COc1cc(C(N=O)C(N)=O)ccc1Br. The molecule has 2 N–H and O–H groups in total. The van der Waals surface area contributed by atoms with Gasteiger partial charge < -0.3 is 10.5 Å². The first kappa shape index (κ1) is 11.6. The lowest BCUT2D eigenvalue weighted by atomic mass is 10.1. The standard InChI is InChI=1S/C9H9BrN2O3/c1-15-7-4-5(2-3-6(7)10)8(12-14)9(11)13/h2-4,8H,1H3,(H2,11,13). The van der Waals surface area contributed by atoms with E-state index in [9.17, 15) is 9.70 Å². The molecule has 0 heterocycles. The number of benzene rings is 1. The molecule has 0 saturated carbocycles. The fourth-order valence-corrected chi connectivity index (χ4v) is 1.53. The minimum absolute atomic E-state index is 0.414. The second kappa shape index (κ2) is 4.88. The molecule has 1 rings (SSSR count). The summed E-state index contributed by atoms with van der Waals surface area (Å²) in [5.74, 6) is -0.267. The number of carbonyl (C=O) groups is 1. The molecule has 5 nitrogen and oxygen atoms in total. The Morgan fingerprint density at radius 1 is 1.60 bits per heavy atom. The molecule has 0 aliphatic carbocycles. The Kier molecular flexibility index (Phi) is 3.79. The van der Waals surface area contributed by atoms with Gasteiger partial charge in [0.1, 0.15) is 5.75 Å². The summed E-state index contributed by atoms with van der Waals surface area (Å²) < 4.78 is 5.74. The number of primary amides is 1. The average molecular weight is 273 g/mol. The summed E-state index contributed by atoms with van der Waals surface area (Å²) in [5.41, 5.74) is 5.44. The molecular weight excluding hydrogens is 264 g/mol. The van der Waals surface area contributed by atoms with E-state index in [1.54, 1.807) is 18.2 Å². The summed E-state index contributed by atoms with van der Waals surface area (Å²) in [6.07, 6.45) is 0. The van der Waals surface area contributed by atoms with Crippen molar-refractivity contribution >= 4 is 21.8 Å². The van der Waals surface area contributed by atoms with Crippen molar-refractivity contribution in [2.45, 2.75) is 6.04 Å². The summed E-state index contributed by atoms with van der Waals surface area (Å²) in [6.45, 7) is 0. The second-order valence-electron chi connectivity index (χ2n) is 2.80. The first-order valence-electron chi connectivity index (χ1n) is 4.05. The van der Waals surface area contributed by atoms with Crippen LogP contribution in [0.3, 0.4) is 0 Å². The number of carbonyl (C=O) groups excluding carboxylic acids is 1. The number of methoxy groups -OCH3 is 1. The first-order valence-corrected chi connectivity index (χ1v) is 4.84. The monoisotopic (exact) mass is 272 g/mol. The van der Waals surface area contributed by atoms with Crippen LogP contribution in [0.15, 0.2) is 27.8 Å². The van der Waals surface area contributed by atoms with Gasteiger partial charge in [-0.25, -0.2) is 0 Å². The normalized spacial score (nSPS) is 11.9. The van der Waals surface area contributed by atoms with Gasteiger partial charge >= 0.3 is 0 Å². The molecule has 6 heteroatoms. The molecule has 0 aliphatic rings. The maximum Gasteiger partial charge on any atom is 0.250 e. The summed E-state index contributed by atoms with van der Waals surface area (Å²) in [6, 6.07) is 3.62. The third-order valence-electron chi connectivity index (χ3n) is 1.87. The van der Waals surface area contributed by atoms with Crippen molar-refractivity contribution in [3.63, 3.8) is 0 Å². The molecule has 0 aliphatic heterocycles. The predicted molar refractivity (Wildman–Crippen MR) is 58.4 cm³/mol. The van der Waals surface area contributed by atoms with Crippen LogP contribution in [-0.4, -0.2) is 13.0 Å². The molecule has 0 radical (unpaired) electrons. The molecule has 80 valence electrons. The number of amides is 1. The lowest BCUT2D eigenvalue weighted by Gasteiger charge is -2.08. The van der Waals surface area contributed by atoms with E-state index in [0.29, 0.717) is 11.3 Å². The number of nitrogens with two attached hydrogens (primary N) is 1. The highest BCUT2D eigenvalue weighted by Gasteiger charge is 2.19. The van der Waals surface area contributed by atoms with Gasteiger partial charge in [0.2, 0.25) is 0 Å². The Balaban J connectivity index is 3.14. The van der Waals surface area contributed by atoms with E-state index in [-0.39, 0.29) is 0 Å². The summed E-state index contributed by atoms with van der Waals surface area (Å²) in [4.78, 5) is 21.3. The van der Waals surface area contributed by atoms with Crippen LogP contribution in [-0.2, 0) is 4.79 Å². The molecule has 1 amide bonds. The van der Waals surface area contributed by atoms with Gasteiger partial charge in [-0.2, -0.15) is 0 Å². The number of ether oxygens (including phenoxy) is 1. The fourth-order valence-electron chi connectivity index (χ4n) is 1.12. The van der Waals surface area contributed by atoms with Gasteiger partial charge in [-0.1, -0.05) is 11.2 Å². The number of hydrogen-bond acceptors (Lipinski definition) is 4. The molecule has 0 spiro atoms. The zero-order chi connectivity index (χ0) is 11.4. The van der Waals surface area contributed by atoms with Crippen molar-refractivity contribution in [2.75, 3.05) is 7.11 Å². The van der Waals surface area contributed by atoms with E-state index < -0.39 is 11.9 Å². The number of nitroso groups, excluding NO2 is 1. The van der Waals surface area contributed by atoms with Crippen molar-refractivity contribution in [3.05, 3.63) is 33.1 Å². The van der Waals surface area contributed by atoms with E-state index in [1.165, 1.54) is 7.11 Å². The lowest BCUT2D eigenvalue weighted by Crippen LogP contribution is -2.19. The molecule has 0 saturated heterocycles. The van der Waals surface area contributed by atoms with Crippen LogP contribution in [0.4, 0.5) is 0 Å². The number of nitrogens with zero attached hydrogens (tertiary/aromatic N) is 1. The number of rotatable bonds is 4. The Morgan fingerprint density at radius 2 is 2.27 bits per heavy atom. The highest BCUT2D eigenvalue weighted by atomic mass is 79.9. The van der Waals surface area contributed by atoms with Gasteiger partial charge in [0, 0.05) is 0 Å². The molecule has 1 atom stereocenters. The van der Waals surface area contributed by atoms with Gasteiger partial charge in [-0.05, 0) is 33.6 Å². The molecule has 1 unspecified atom stereocenters. The van der Waals surface area contributed by atoms with Crippen molar-refractivity contribution in [2.24, 2.45) is 10.9 Å². The fraction of sp³-hybridized carbons (Fsp3) is 0.222. The third-order valence-corrected chi connectivity index (χ3v) is 2.52. The Bertz CT molecular complexity index is 395. The van der Waals surface area contributed by atoms with E-state index >= 15 is 0 Å². The van der Waals surface area contributed by atoms with E-state index in [2.05, 4.69) is 21.1 Å². The van der Waals surface area contributed by atoms with Crippen LogP contribution >= 0.6 is 15.9 Å². The highest BCUT2D eigenvalue weighted by molar-refractivity contribution is 9.10. The molecule has 15 heavy (non-hydrogen) atoms. The van der Waals surface area contributed by atoms with Crippen LogP contribution in [0.5, 0.6) is 5.75 Å². The van der Waals surface area contributed by atoms with Gasteiger partial charge in [0.15, 0.2) is 6.04 Å². The minimum atomic E-state index is -1.17. The zero-order valence-electron chi connectivity index (χ0n) is 7.94. The first-order chi connectivity index (χ1) is 7.10. The predicted octanol–water partition coefficient (Wildman–Crippen LogP) is 1.75. The average Bonchev–Trinajstić information content (AvgIpc) is 2.21. The molecule has 0 fully saturated rings. The van der Waals surface area contributed by atoms with Gasteiger partial charge in [-0.15, -0.1) is 4.91 Å². The maximum absolute atomic E-state index is 10.9. The van der Waals surface area contributed by atoms with Crippen LogP contribution in [0.1, 0.15) is 11.6 Å². The summed E-state index contributed by atoms with van der Waals surface area (Å²) >= 11 is 3.25. The van der Waals surface area contributed by atoms with E-state index in [0.717, 1.165) is 4.47 Å². The van der Waals surface area contributed by atoms with Crippen LogP contribution in [0, 0.1) is 4.91 Å². The van der Waals surface area contributed by atoms with Gasteiger partial charge in [0.05, 0.1) is 11.6 Å². The Morgan fingerprint density at radius 3 is 2.73 bits per heavy atom. The number of hydrogen-bond donors (Lipinski definition) is 1. The van der Waals surface area contributed by atoms with Crippen LogP contribution in [0.2, 0.25) is 0 Å². The lowest BCUT2D eigenvalue weighted by molar-refractivity contribution is -0.119. The number of halogens is 1. The van der Waals surface area contributed by atoms with Crippen molar-refractivity contribution in [1.29, 1.82) is 0 Å². The smallest absolute Gasteiger partial charge is 0.250 e. The zero-order valence-corrected chi connectivity index (χ0v) is 9.52. The van der Waals surface area contributed by atoms with E-state index in [1.807, 2.05) is 0 Å². The van der Waals surface area contributed by atoms with Crippen molar-refractivity contribution < 1.29 is 9.53 Å². The molecular formula is C9H9BrN2O3. The topological polar surface area (TPSA) is 81.8 Å². The van der Waals surface area contributed by atoms with Crippen LogP contribution < -0.4 is 10.5 Å². The van der Waals surface area contributed by atoms with E-state index in [4.69, 9.17) is 10.5 Å². The maximum atomic E-state index is 10.9. The second-order valence-corrected chi connectivity index (χ2v) is 3.66. The van der Waals surface area contributed by atoms with Crippen LogP contribution in [0.25, 0.3) is 0 Å². The third kappa shape index (κ3) is 2.53. The largest absolute Gasteiger partial charge is 0.496 e. The van der Waals surface area contributed by atoms with Crippen molar-refractivity contribution in [3.8, 4) is 5.75 Å². The minimum Gasteiger partial charge on any atom is -0.496 e.